The molecule has 76 valence electrons. The van der Waals surface area contributed by atoms with Gasteiger partial charge in [-0.3, -0.25) is 4.79 Å². The van der Waals surface area contributed by atoms with Crippen LogP contribution in [-0.2, 0) is 4.74 Å². The van der Waals surface area contributed by atoms with Gasteiger partial charge in [0.05, 0.1) is 12.8 Å². The van der Waals surface area contributed by atoms with Crippen molar-refractivity contribution in [3.8, 4) is 0 Å². The smallest absolute Gasteiger partial charge is 0.343 e. The first-order valence-electron chi connectivity index (χ1n) is 4.09. The van der Waals surface area contributed by atoms with Crippen LogP contribution in [0.3, 0.4) is 0 Å². The lowest BCUT2D eigenvalue weighted by atomic mass is 10.3. The molecule has 0 radical (unpaired) electrons. The van der Waals surface area contributed by atoms with Crippen molar-refractivity contribution < 1.29 is 14.3 Å². The first kappa shape index (κ1) is 10.2. The van der Waals surface area contributed by atoms with Gasteiger partial charge in [0.15, 0.2) is 5.82 Å². The Morgan fingerprint density at radius 1 is 1.64 bits per heavy atom. The Kier molecular flexibility index (Phi) is 2.85. The number of esters is 1. The van der Waals surface area contributed by atoms with Crippen LogP contribution in [0.2, 0.25) is 0 Å². The topological polar surface area (TPSA) is 87.2 Å². The van der Waals surface area contributed by atoms with Gasteiger partial charge in [-0.15, -0.1) is 5.10 Å². The third-order valence-corrected chi connectivity index (χ3v) is 1.56. The van der Waals surface area contributed by atoms with E-state index in [1.165, 1.54) is 13.1 Å². The molecule has 0 saturated carbocycles. The second kappa shape index (κ2) is 3.91. The van der Waals surface area contributed by atoms with Gasteiger partial charge in [-0.2, -0.15) is 0 Å². The zero-order valence-corrected chi connectivity index (χ0v) is 7.98. The van der Waals surface area contributed by atoms with E-state index in [0.29, 0.717) is 0 Å². The monoisotopic (exact) mass is 197 g/mol. The summed E-state index contributed by atoms with van der Waals surface area (Å²) < 4.78 is 5.72. The molecular weight excluding hydrogens is 186 g/mol. The summed E-state index contributed by atoms with van der Waals surface area (Å²) in [6.07, 6.45) is 1.26. The van der Waals surface area contributed by atoms with Crippen LogP contribution >= 0.6 is 0 Å². The van der Waals surface area contributed by atoms with Crippen LogP contribution in [0.25, 0.3) is 0 Å². The third-order valence-electron chi connectivity index (χ3n) is 1.56. The number of carbonyl (C=O) groups is 2. The van der Waals surface area contributed by atoms with Crippen molar-refractivity contribution >= 4 is 17.7 Å². The van der Waals surface area contributed by atoms with Gasteiger partial charge in [0, 0.05) is 6.92 Å². The van der Waals surface area contributed by atoms with E-state index in [2.05, 4.69) is 5.10 Å². The van der Waals surface area contributed by atoms with Gasteiger partial charge in [-0.25, -0.2) is 9.48 Å². The molecule has 0 amide bonds. The Morgan fingerprint density at radius 2 is 2.29 bits per heavy atom. The molecular formula is C8H11N3O3. The Balaban J connectivity index is 2.98. The maximum absolute atomic E-state index is 11.2. The predicted molar refractivity (Wildman–Crippen MR) is 48.9 cm³/mol. The zero-order chi connectivity index (χ0) is 10.7. The van der Waals surface area contributed by atoms with Gasteiger partial charge in [-0.1, -0.05) is 0 Å². The molecule has 1 aromatic heterocycles. The molecule has 0 unspecified atom stereocenters. The molecule has 0 aromatic carbocycles. The highest BCUT2D eigenvalue weighted by Crippen LogP contribution is 2.10. The van der Waals surface area contributed by atoms with Crippen molar-refractivity contribution in [3.05, 3.63) is 11.8 Å². The molecule has 1 rings (SSSR count). The van der Waals surface area contributed by atoms with Crippen LogP contribution in [0, 0.1) is 0 Å². The molecule has 0 fully saturated rings. The predicted octanol–water partition coefficient (Wildman–Crippen LogP) is 0.302. The first-order chi connectivity index (χ1) is 6.56. The average molecular weight is 197 g/mol. The first-order valence-corrected chi connectivity index (χ1v) is 4.09. The molecule has 0 aliphatic heterocycles. The molecule has 0 spiro atoms. The third kappa shape index (κ3) is 1.90. The van der Waals surface area contributed by atoms with Crippen LogP contribution in [0.1, 0.15) is 29.0 Å². The van der Waals surface area contributed by atoms with E-state index in [1.54, 1.807) is 6.92 Å². The number of rotatable bonds is 2. The Labute approximate surface area is 80.6 Å². The van der Waals surface area contributed by atoms with E-state index in [-0.39, 0.29) is 23.9 Å². The van der Waals surface area contributed by atoms with E-state index in [1.807, 2.05) is 0 Å². The Bertz CT molecular complexity index is 370. The van der Waals surface area contributed by atoms with Crippen molar-refractivity contribution in [1.82, 2.24) is 9.78 Å². The quantitative estimate of drug-likeness (QED) is 0.689. The lowest BCUT2D eigenvalue weighted by Crippen LogP contribution is -2.06. The van der Waals surface area contributed by atoms with E-state index in [9.17, 15) is 9.59 Å². The Morgan fingerprint density at radius 3 is 2.71 bits per heavy atom. The fourth-order valence-electron chi connectivity index (χ4n) is 0.915. The van der Waals surface area contributed by atoms with Crippen molar-refractivity contribution in [3.63, 3.8) is 0 Å². The fourth-order valence-corrected chi connectivity index (χ4v) is 0.915. The van der Waals surface area contributed by atoms with Gasteiger partial charge < -0.3 is 10.5 Å². The number of nitrogen functional groups attached to an aromatic ring is 1. The molecule has 0 aliphatic carbocycles. The normalized spacial score (nSPS) is 9.86. The van der Waals surface area contributed by atoms with Crippen LogP contribution in [0.4, 0.5) is 5.82 Å². The second-order valence-electron chi connectivity index (χ2n) is 2.61. The largest absolute Gasteiger partial charge is 0.462 e. The number of anilines is 1. The van der Waals surface area contributed by atoms with Crippen LogP contribution in [-0.4, -0.2) is 28.3 Å². The summed E-state index contributed by atoms with van der Waals surface area (Å²) >= 11 is 0. The Hall–Kier alpha value is -1.85. The van der Waals surface area contributed by atoms with Crippen LogP contribution in [0.15, 0.2) is 6.20 Å². The SMILES string of the molecule is CCOC(=O)c1cn(C(C)=O)nc1N. The zero-order valence-electron chi connectivity index (χ0n) is 7.98. The van der Waals surface area contributed by atoms with Gasteiger partial charge in [0.2, 0.25) is 5.91 Å². The summed E-state index contributed by atoms with van der Waals surface area (Å²) in [7, 11) is 0. The van der Waals surface area contributed by atoms with Crippen LogP contribution in [0.5, 0.6) is 0 Å². The molecule has 0 bridgehead atoms. The van der Waals surface area contributed by atoms with E-state index in [4.69, 9.17) is 10.5 Å². The summed E-state index contributed by atoms with van der Waals surface area (Å²) in [5.74, 6) is -0.886. The van der Waals surface area contributed by atoms with Gasteiger partial charge in [0.25, 0.3) is 0 Å². The highest BCUT2D eigenvalue weighted by molar-refractivity contribution is 5.94. The number of carbonyl (C=O) groups excluding carboxylic acids is 2. The second-order valence-corrected chi connectivity index (χ2v) is 2.61. The molecule has 0 saturated heterocycles. The van der Waals surface area contributed by atoms with Gasteiger partial charge in [0.1, 0.15) is 5.56 Å². The molecule has 2 N–H and O–H groups in total. The number of hydrogen-bond acceptors (Lipinski definition) is 5. The van der Waals surface area contributed by atoms with Crippen molar-refractivity contribution in [2.75, 3.05) is 12.3 Å². The lowest BCUT2D eigenvalue weighted by Gasteiger charge is -1.97. The molecule has 0 atom stereocenters. The molecule has 14 heavy (non-hydrogen) atoms. The molecule has 6 nitrogen and oxygen atoms in total. The maximum Gasteiger partial charge on any atom is 0.343 e. The summed E-state index contributed by atoms with van der Waals surface area (Å²) in [4.78, 5) is 22.1. The van der Waals surface area contributed by atoms with Crippen molar-refractivity contribution in [1.29, 1.82) is 0 Å². The number of ether oxygens (including phenoxy) is 1. The van der Waals surface area contributed by atoms with Gasteiger partial charge >= 0.3 is 5.97 Å². The number of nitrogens with zero attached hydrogens (tertiary/aromatic N) is 2. The highest BCUT2D eigenvalue weighted by atomic mass is 16.5. The number of nitrogens with two attached hydrogens (primary N) is 1. The fraction of sp³-hybridized carbons (Fsp3) is 0.375. The van der Waals surface area contributed by atoms with Crippen molar-refractivity contribution in [2.24, 2.45) is 0 Å². The number of hydrogen-bond donors (Lipinski definition) is 1. The molecule has 1 heterocycles. The van der Waals surface area contributed by atoms with Crippen LogP contribution < -0.4 is 5.73 Å². The summed E-state index contributed by atoms with van der Waals surface area (Å²) in [6, 6.07) is 0. The highest BCUT2D eigenvalue weighted by Gasteiger charge is 2.16. The summed E-state index contributed by atoms with van der Waals surface area (Å²) in [5, 5.41) is 3.66. The van der Waals surface area contributed by atoms with Crippen molar-refractivity contribution in [2.45, 2.75) is 13.8 Å². The summed E-state index contributed by atoms with van der Waals surface area (Å²) in [5.41, 5.74) is 5.54. The lowest BCUT2D eigenvalue weighted by molar-refractivity contribution is 0.0527. The van der Waals surface area contributed by atoms with Gasteiger partial charge in [-0.05, 0) is 6.92 Å². The minimum Gasteiger partial charge on any atom is -0.462 e. The van der Waals surface area contributed by atoms with E-state index in [0.717, 1.165) is 4.68 Å². The molecule has 1 aromatic rings. The molecule has 6 heteroatoms. The minimum atomic E-state index is -0.572. The minimum absolute atomic E-state index is 0.00125. The summed E-state index contributed by atoms with van der Waals surface area (Å²) in [6.45, 7) is 3.26. The van der Waals surface area contributed by atoms with E-state index >= 15 is 0 Å². The van der Waals surface area contributed by atoms with E-state index < -0.39 is 5.97 Å². The average Bonchev–Trinajstić information content (AvgIpc) is 2.48. The standard InChI is InChI=1S/C8H11N3O3/c1-3-14-8(13)6-4-11(5(2)12)10-7(6)9/h4H,3H2,1-2H3,(H2,9,10). The maximum atomic E-state index is 11.2. The molecule has 0 aliphatic rings. The number of aromatic nitrogens is 2.